The summed E-state index contributed by atoms with van der Waals surface area (Å²) in [5.74, 6) is -0.162. The summed E-state index contributed by atoms with van der Waals surface area (Å²) < 4.78 is 10.2. The van der Waals surface area contributed by atoms with Gasteiger partial charge in [0.25, 0.3) is 0 Å². The van der Waals surface area contributed by atoms with Crippen LogP contribution in [0.25, 0.3) is 0 Å². The first kappa shape index (κ1) is 15.1. The quantitative estimate of drug-likeness (QED) is 0.370. The molecule has 4 nitrogen and oxygen atoms in total. The van der Waals surface area contributed by atoms with Gasteiger partial charge in [-0.15, -0.1) is 0 Å². The van der Waals surface area contributed by atoms with Gasteiger partial charge in [-0.3, -0.25) is 4.79 Å². The smallest absolute Gasteiger partial charge is 0.307 e. The van der Waals surface area contributed by atoms with Crippen LogP contribution in [0.4, 0.5) is 0 Å². The lowest BCUT2D eigenvalue weighted by molar-refractivity contribution is -0.143. The molecule has 1 atom stereocenters. The van der Waals surface area contributed by atoms with Gasteiger partial charge in [0, 0.05) is 12.6 Å². The van der Waals surface area contributed by atoms with Crippen LogP contribution in [0.1, 0.15) is 27.2 Å². The van der Waals surface area contributed by atoms with E-state index in [0.29, 0.717) is 26.2 Å². The molecule has 0 aromatic rings. The third-order valence-corrected chi connectivity index (χ3v) is 1.87. The van der Waals surface area contributed by atoms with E-state index in [1.165, 1.54) is 0 Å². The number of hydrogen-bond acceptors (Lipinski definition) is 4. The summed E-state index contributed by atoms with van der Waals surface area (Å²) in [7, 11) is 0. The van der Waals surface area contributed by atoms with Crippen LogP contribution in [0.15, 0.2) is 12.2 Å². The third kappa shape index (κ3) is 9.68. The normalized spacial score (nSPS) is 12.2. The molecule has 4 heteroatoms. The fourth-order valence-electron chi connectivity index (χ4n) is 1.17. The highest BCUT2D eigenvalue weighted by molar-refractivity contribution is 5.69. The molecule has 0 aliphatic carbocycles. The highest BCUT2D eigenvalue weighted by Crippen LogP contribution is 1.94. The van der Waals surface area contributed by atoms with Gasteiger partial charge in [-0.25, -0.2) is 0 Å². The van der Waals surface area contributed by atoms with Gasteiger partial charge >= 0.3 is 5.97 Å². The molecule has 1 N–H and O–H groups in total. The van der Waals surface area contributed by atoms with E-state index < -0.39 is 0 Å². The van der Waals surface area contributed by atoms with Crippen LogP contribution < -0.4 is 5.32 Å². The SMILES string of the molecule is C=C(C)COCCNC(C)CC(=O)OCC. The van der Waals surface area contributed by atoms with Crippen molar-refractivity contribution in [3.05, 3.63) is 12.2 Å². The van der Waals surface area contributed by atoms with Gasteiger partial charge in [0.1, 0.15) is 0 Å². The Hall–Kier alpha value is -0.870. The van der Waals surface area contributed by atoms with Gasteiger partial charge in [-0.1, -0.05) is 12.2 Å². The van der Waals surface area contributed by atoms with E-state index in [-0.39, 0.29) is 12.0 Å². The Morgan fingerprint density at radius 1 is 1.50 bits per heavy atom. The molecule has 0 aromatic carbocycles. The molecule has 0 aliphatic heterocycles. The first-order valence-electron chi connectivity index (χ1n) is 5.67. The standard InChI is InChI=1S/C12H23NO3/c1-5-16-12(14)8-11(4)13-6-7-15-9-10(2)3/h11,13H,2,5-9H2,1,3-4H3. The highest BCUT2D eigenvalue weighted by atomic mass is 16.5. The Balaban J connectivity index is 3.39. The van der Waals surface area contributed by atoms with Crippen molar-refractivity contribution in [2.24, 2.45) is 0 Å². The molecule has 0 saturated heterocycles. The summed E-state index contributed by atoms with van der Waals surface area (Å²) in [4.78, 5) is 11.1. The van der Waals surface area contributed by atoms with Crippen molar-refractivity contribution in [1.29, 1.82) is 0 Å². The number of rotatable bonds is 9. The summed E-state index contributed by atoms with van der Waals surface area (Å²) >= 11 is 0. The molecular weight excluding hydrogens is 206 g/mol. The molecule has 0 radical (unpaired) electrons. The van der Waals surface area contributed by atoms with Crippen molar-refractivity contribution in [2.45, 2.75) is 33.2 Å². The average molecular weight is 229 g/mol. The Morgan fingerprint density at radius 2 is 2.19 bits per heavy atom. The predicted octanol–water partition coefficient (Wildman–Crippen LogP) is 1.51. The molecule has 0 saturated carbocycles. The highest BCUT2D eigenvalue weighted by Gasteiger charge is 2.08. The van der Waals surface area contributed by atoms with Crippen molar-refractivity contribution in [3.8, 4) is 0 Å². The Bertz CT molecular complexity index is 216. The van der Waals surface area contributed by atoms with Crippen LogP contribution in [0.3, 0.4) is 0 Å². The zero-order valence-corrected chi connectivity index (χ0v) is 10.5. The van der Waals surface area contributed by atoms with Gasteiger partial charge in [-0.2, -0.15) is 0 Å². The van der Waals surface area contributed by atoms with E-state index in [9.17, 15) is 4.79 Å². The molecule has 0 bridgehead atoms. The van der Waals surface area contributed by atoms with Crippen LogP contribution in [0.5, 0.6) is 0 Å². The number of nitrogens with one attached hydrogen (secondary N) is 1. The number of ether oxygens (including phenoxy) is 2. The zero-order chi connectivity index (χ0) is 12.4. The van der Waals surface area contributed by atoms with E-state index in [1.54, 1.807) is 6.92 Å². The van der Waals surface area contributed by atoms with Gasteiger partial charge in [0.05, 0.1) is 26.2 Å². The molecular formula is C12H23NO3. The van der Waals surface area contributed by atoms with Crippen LogP contribution in [0, 0.1) is 0 Å². The Labute approximate surface area is 98.0 Å². The average Bonchev–Trinajstić information content (AvgIpc) is 2.16. The summed E-state index contributed by atoms with van der Waals surface area (Å²) in [5.41, 5.74) is 1.01. The second kappa shape index (κ2) is 9.36. The number of esters is 1. The van der Waals surface area contributed by atoms with Crippen LogP contribution in [-0.2, 0) is 14.3 Å². The molecule has 94 valence electrons. The van der Waals surface area contributed by atoms with Crippen LogP contribution >= 0.6 is 0 Å². The molecule has 0 spiro atoms. The summed E-state index contributed by atoms with van der Waals surface area (Å²) in [6, 6.07) is 0.118. The second-order valence-corrected chi connectivity index (χ2v) is 3.87. The molecule has 0 rings (SSSR count). The fourth-order valence-corrected chi connectivity index (χ4v) is 1.17. The van der Waals surface area contributed by atoms with E-state index >= 15 is 0 Å². The van der Waals surface area contributed by atoms with Gasteiger partial charge < -0.3 is 14.8 Å². The van der Waals surface area contributed by atoms with Crippen LogP contribution in [0.2, 0.25) is 0 Å². The maximum absolute atomic E-state index is 11.1. The maximum atomic E-state index is 11.1. The van der Waals surface area contributed by atoms with Crippen molar-refractivity contribution < 1.29 is 14.3 Å². The molecule has 16 heavy (non-hydrogen) atoms. The van der Waals surface area contributed by atoms with Gasteiger partial charge in [0.15, 0.2) is 0 Å². The van der Waals surface area contributed by atoms with E-state index in [4.69, 9.17) is 9.47 Å². The molecule has 0 heterocycles. The zero-order valence-electron chi connectivity index (χ0n) is 10.5. The fraction of sp³-hybridized carbons (Fsp3) is 0.750. The first-order chi connectivity index (χ1) is 7.56. The topological polar surface area (TPSA) is 47.6 Å². The molecule has 0 fully saturated rings. The van der Waals surface area contributed by atoms with E-state index in [2.05, 4.69) is 11.9 Å². The van der Waals surface area contributed by atoms with Crippen molar-refractivity contribution in [1.82, 2.24) is 5.32 Å². The number of hydrogen-bond donors (Lipinski definition) is 1. The minimum absolute atomic E-state index is 0.118. The largest absolute Gasteiger partial charge is 0.466 e. The molecule has 0 amide bonds. The summed E-state index contributed by atoms with van der Waals surface area (Å²) in [6.45, 7) is 11.8. The van der Waals surface area contributed by atoms with E-state index in [1.807, 2.05) is 13.8 Å². The third-order valence-electron chi connectivity index (χ3n) is 1.87. The first-order valence-corrected chi connectivity index (χ1v) is 5.67. The van der Waals surface area contributed by atoms with Crippen LogP contribution in [-0.4, -0.2) is 38.4 Å². The minimum atomic E-state index is -0.162. The lowest BCUT2D eigenvalue weighted by Crippen LogP contribution is -2.32. The van der Waals surface area contributed by atoms with Crippen molar-refractivity contribution in [3.63, 3.8) is 0 Å². The van der Waals surface area contributed by atoms with E-state index in [0.717, 1.165) is 12.1 Å². The van der Waals surface area contributed by atoms with Gasteiger partial charge in [0.2, 0.25) is 0 Å². The lowest BCUT2D eigenvalue weighted by Gasteiger charge is -2.12. The van der Waals surface area contributed by atoms with Gasteiger partial charge in [-0.05, 0) is 20.8 Å². The van der Waals surface area contributed by atoms with Crippen molar-refractivity contribution in [2.75, 3.05) is 26.4 Å². The lowest BCUT2D eigenvalue weighted by atomic mass is 10.2. The second-order valence-electron chi connectivity index (χ2n) is 3.87. The Kier molecular flexibility index (Phi) is 8.85. The summed E-state index contributed by atoms with van der Waals surface area (Å²) in [6.07, 6.45) is 0.397. The minimum Gasteiger partial charge on any atom is -0.466 e. The summed E-state index contributed by atoms with van der Waals surface area (Å²) in [5, 5.41) is 3.19. The number of carbonyl (C=O) groups excluding carboxylic acids is 1. The molecule has 0 aromatic heterocycles. The maximum Gasteiger partial charge on any atom is 0.307 e. The van der Waals surface area contributed by atoms with Crippen molar-refractivity contribution >= 4 is 5.97 Å². The molecule has 0 aliphatic rings. The number of carbonyl (C=O) groups is 1. The Morgan fingerprint density at radius 3 is 2.75 bits per heavy atom. The molecule has 1 unspecified atom stereocenters. The predicted molar refractivity (Wildman–Crippen MR) is 64.3 cm³/mol. The monoisotopic (exact) mass is 229 g/mol.